The lowest BCUT2D eigenvalue weighted by atomic mass is 9.52. The summed E-state index contributed by atoms with van der Waals surface area (Å²) in [6, 6.07) is 8.16. The van der Waals surface area contributed by atoms with Crippen LogP contribution >= 0.6 is 0 Å². The molecule has 11 heteroatoms. The minimum Gasteiger partial charge on any atom is -0.462 e. The smallest absolute Gasteiger partial charge is 0.338 e. The van der Waals surface area contributed by atoms with Crippen molar-refractivity contribution in [3.63, 3.8) is 0 Å². The summed E-state index contributed by atoms with van der Waals surface area (Å²) in [6.45, 7) is 8.72. The van der Waals surface area contributed by atoms with Crippen molar-refractivity contribution in [2.45, 2.75) is 102 Å². The first-order valence-electron chi connectivity index (χ1n) is 14.2. The van der Waals surface area contributed by atoms with Crippen molar-refractivity contribution in [3.05, 3.63) is 47.0 Å². The van der Waals surface area contributed by atoms with Crippen molar-refractivity contribution in [1.29, 1.82) is 0 Å². The fourth-order valence-corrected chi connectivity index (χ4v) is 8.23. The number of rotatable bonds is 5. The summed E-state index contributed by atoms with van der Waals surface area (Å²) >= 11 is 0. The minimum atomic E-state index is -1.73. The van der Waals surface area contributed by atoms with Gasteiger partial charge in [0.1, 0.15) is 30.0 Å². The molecule has 1 aromatic carbocycles. The third-order valence-electron chi connectivity index (χ3n) is 10.2. The Morgan fingerprint density at radius 3 is 2.10 bits per heavy atom. The zero-order valence-corrected chi connectivity index (χ0v) is 24.7. The Morgan fingerprint density at radius 1 is 0.976 bits per heavy atom. The van der Waals surface area contributed by atoms with E-state index in [4.69, 9.17) is 18.9 Å². The van der Waals surface area contributed by atoms with Crippen LogP contribution in [-0.4, -0.2) is 92.8 Å². The number of aliphatic hydroxyl groups excluding tert-OH is 3. The summed E-state index contributed by atoms with van der Waals surface area (Å²) in [5.41, 5.74) is -5.50. The molecule has 1 aliphatic heterocycles. The molecule has 3 fully saturated rings. The Hall–Kier alpha value is -2.83. The monoisotopic (exact) mass is 588 g/mol. The third-order valence-corrected chi connectivity index (χ3v) is 10.2. The molecule has 1 aromatic rings. The van der Waals surface area contributed by atoms with Crippen LogP contribution in [0, 0.1) is 16.7 Å². The summed E-state index contributed by atoms with van der Waals surface area (Å²) in [5.74, 6) is -3.22. The van der Waals surface area contributed by atoms with Crippen LogP contribution in [0.25, 0.3) is 0 Å². The molecule has 42 heavy (non-hydrogen) atoms. The van der Waals surface area contributed by atoms with Crippen molar-refractivity contribution in [2.24, 2.45) is 16.7 Å². The van der Waals surface area contributed by atoms with Crippen LogP contribution < -0.4 is 0 Å². The van der Waals surface area contributed by atoms with Crippen molar-refractivity contribution < 1.29 is 53.8 Å². The molecule has 2 saturated carbocycles. The van der Waals surface area contributed by atoms with E-state index in [9.17, 15) is 34.8 Å². The van der Waals surface area contributed by atoms with Gasteiger partial charge >= 0.3 is 17.9 Å². The van der Waals surface area contributed by atoms with Gasteiger partial charge in [0.25, 0.3) is 0 Å². The highest BCUT2D eigenvalue weighted by Gasteiger charge is 2.80. The summed E-state index contributed by atoms with van der Waals surface area (Å²) in [4.78, 5) is 38.8. The zero-order valence-electron chi connectivity index (χ0n) is 24.7. The predicted octanol–water partition coefficient (Wildman–Crippen LogP) is 1.44. The van der Waals surface area contributed by atoms with Crippen LogP contribution in [0.5, 0.6) is 0 Å². The van der Waals surface area contributed by atoms with Gasteiger partial charge in [0.05, 0.1) is 40.8 Å². The number of aliphatic hydroxyl groups is 4. The SMILES string of the molecule is CC(=O)O[C@H]1C[C@H](O)[C@]2(CO2)C2[C@H](OC(C)=O)[C@]3(C(C)(C)O)C[C@H](O)C(C)=C3[C@@H](O)[C@H](OC(=O)c3ccccc3)[C@@]21C. The average molecular weight is 589 g/mol. The largest absolute Gasteiger partial charge is 0.462 e. The molecule has 4 N–H and O–H groups in total. The van der Waals surface area contributed by atoms with Crippen LogP contribution in [0.2, 0.25) is 0 Å². The zero-order chi connectivity index (χ0) is 31.0. The van der Waals surface area contributed by atoms with Gasteiger partial charge in [0.2, 0.25) is 0 Å². The number of fused-ring (bicyclic) bond motifs is 3. The molecular formula is C31H40O11. The normalized spacial score (nSPS) is 41.0. The van der Waals surface area contributed by atoms with Crippen LogP contribution in [-0.2, 0) is 28.5 Å². The van der Waals surface area contributed by atoms with Gasteiger partial charge < -0.3 is 39.4 Å². The van der Waals surface area contributed by atoms with Gasteiger partial charge in [-0.2, -0.15) is 0 Å². The highest BCUT2D eigenvalue weighted by atomic mass is 16.6. The molecule has 5 rings (SSSR count). The Morgan fingerprint density at radius 2 is 1.57 bits per heavy atom. The molecule has 0 radical (unpaired) electrons. The van der Waals surface area contributed by atoms with Crippen LogP contribution in [0.1, 0.15) is 64.7 Å². The number of esters is 3. The number of benzene rings is 1. The van der Waals surface area contributed by atoms with Crippen molar-refractivity contribution in [3.8, 4) is 0 Å². The second-order valence-electron chi connectivity index (χ2n) is 13.0. The Kier molecular flexibility index (Phi) is 7.38. The van der Waals surface area contributed by atoms with E-state index >= 15 is 0 Å². The molecule has 1 saturated heterocycles. The standard InChI is InChI=1S/C31H40O11/c1-15-19(34)13-30(28(4,5)38)22(15)23(36)25(42-27(37)18-10-8-7-9-11-18)29(6)21(40-16(2)32)12-20(35)31(14-39-31)24(29)26(30)41-17(3)33/h7-11,19-21,23-26,34-36,38H,12-14H2,1-6H3/t19-,20-,21-,23+,24?,25-,26-,29+,30-,31+/m0/s1. The summed E-state index contributed by atoms with van der Waals surface area (Å²) < 4.78 is 24.0. The van der Waals surface area contributed by atoms with E-state index in [2.05, 4.69) is 0 Å². The topological polar surface area (TPSA) is 172 Å². The molecule has 10 atom stereocenters. The highest BCUT2D eigenvalue weighted by molar-refractivity contribution is 5.89. The molecule has 11 nitrogen and oxygen atoms in total. The van der Waals surface area contributed by atoms with Crippen LogP contribution in [0.3, 0.4) is 0 Å². The van der Waals surface area contributed by atoms with Crippen molar-refractivity contribution in [1.82, 2.24) is 0 Å². The van der Waals surface area contributed by atoms with E-state index in [1.807, 2.05) is 0 Å². The van der Waals surface area contributed by atoms with Crippen LogP contribution in [0.4, 0.5) is 0 Å². The first-order valence-corrected chi connectivity index (χ1v) is 14.2. The number of carbonyl (C=O) groups excluding carboxylic acids is 3. The molecule has 0 aromatic heterocycles. The maximum Gasteiger partial charge on any atom is 0.338 e. The molecule has 230 valence electrons. The van der Waals surface area contributed by atoms with Crippen molar-refractivity contribution in [2.75, 3.05) is 6.61 Å². The summed E-state index contributed by atoms with van der Waals surface area (Å²) in [6.07, 6.45) is -8.11. The van der Waals surface area contributed by atoms with E-state index in [1.54, 1.807) is 44.2 Å². The second-order valence-corrected chi connectivity index (χ2v) is 13.0. The fraction of sp³-hybridized carbons (Fsp3) is 0.645. The lowest BCUT2D eigenvalue weighted by Crippen LogP contribution is -2.69. The van der Waals surface area contributed by atoms with Crippen molar-refractivity contribution >= 4 is 17.9 Å². The van der Waals surface area contributed by atoms with E-state index < -0.39 is 82.5 Å². The lowest BCUT2D eigenvalue weighted by Gasteiger charge is -2.57. The van der Waals surface area contributed by atoms with E-state index in [0.29, 0.717) is 5.57 Å². The fourth-order valence-electron chi connectivity index (χ4n) is 8.23. The summed E-state index contributed by atoms with van der Waals surface area (Å²) in [7, 11) is 0. The van der Waals surface area contributed by atoms with Gasteiger partial charge in [-0.1, -0.05) is 25.1 Å². The van der Waals surface area contributed by atoms with E-state index in [0.717, 1.165) is 0 Å². The van der Waals surface area contributed by atoms with Gasteiger partial charge in [-0.3, -0.25) is 9.59 Å². The molecule has 0 amide bonds. The number of ether oxygens (including phenoxy) is 4. The molecule has 0 bridgehead atoms. The van der Waals surface area contributed by atoms with Gasteiger partial charge in [-0.05, 0) is 50.5 Å². The molecular weight excluding hydrogens is 548 g/mol. The second kappa shape index (κ2) is 10.1. The van der Waals surface area contributed by atoms with Gasteiger partial charge in [-0.25, -0.2) is 4.79 Å². The maximum atomic E-state index is 13.6. The van der Waals surface area contributed by atoms with Gasteiger partial charge in [-0.15, -0.1) is 0 Å². The van der Waals surface area contributed by atoms with E-state index in [1.165, 1.54) is 27.7 Å². The Labute approximate surface area is 244 Å². The first kappa shape index (κ1) is 30.6. The van der Waals surface area contributed by atoms with Crippen LogP contribution in [0.15, 0.2) is 41.5 Å². The predicted molar refractivity (Wildman–Crippen MR) is 146 cm³/mol. The molecule has 1 heterocycles. The lowest BCUT2D eigenvalue weighted by molar-refractivity contribution is -0.240. The van der Waals surface area contributed by atoms with Gasteiger partial charge in [0.15, 0.2) is 0 Å². The third kappa shape index (κ3) is 4.31. The number of hydrogen-bond donors (Lipinski definition) is 4. The number of hydrogen-bond acceptors (Lipinski definition) is 11. The maximum absolute atomic E-state index is 13.6. The molecule has 1 spiro atoms. The molecule has 1 unspecified atom stereocenters. The number of carbonyl (C=O) groups is 3. The Bertz CT molecular complexity index is 1300. The molecule has 4 aliphatic rings. The highest BCUT2D eigenvalue weighted by Crippen LogP contribution is 2.68. The minimum absolute atomic E-state index is 0.0386. The van der Waals surface area contributed by atoms with E-state index in [-0.39, 0.29) is 30.6 Å². The first-order chi connectivity index (χ1) is 19.5. The molecule has 3 aliphatic carbocycles. The number of epoxide rings is 1. The van der Waals surface area contributed by atoms with Gasteiger partial charge in [0, 0.05) is 26.2 Å². The Balaban J connectivity index is 1.84. The average Bonchev–Trinajstić information content (AvgIpc) is 3.64. The quantitative estimate of drug-likeness (QED) is 0.170. The summed E-state index contributed by atoms with van der Waals surface area (Å²) in [5, 5.41) is 47.0.